The monoisotopic (exact) mass is 293 g/mol. The molecule has 0 fully saturated rings. The van der Waals surface area contributed by atoms with E-state index < -0.39 is 0 Å². The first-order valence-corrected chi connectivity index (χ1v) is 7.14. The molecule has 0 aliphatic rings. The maximum Gasteiger partial charge on any atom is 0.123 e. The minimum absolute atomic E-state index is 0.428. The standard InChI is InChI=1S/C16H20ClNO2/c1-12(2)18-9-16-14(7-8-20-16)11-19-10-13-5-3-4-6-15(13)17/h3-8,12,18H,9-11H2,1-2H3. The van der Waals surface area contributed by atoms with Crippen molar-refractivity contribution in [2.45, 2.75) is 39.6 Å². The fourth-order valence-corrected chi connectivity index (χ4v) is 2.02. The number of hydrogen-bond acceptors (Lipinski definition) is 3. The first kappa shape index (κ1) is 15.1. The molecule has 1 heterocycles. The Morgan fingerprint density at radius 2 is 1.90 bits per heavy atom. The van der Waals surface area contributed by atoms with E-state index in [2.05, 4.69) is 19.2 Å². The Bertz CT molecular complexity index is 537. The highest BCUT2D eigenvalue weighted by atomic mass is 35.5. The van der Waals surface area contributed by atoms with Crippen LogP contribution in [0.5, 0.6) is 0 Å². The Balaban J connectivity index is 1.85. The summed E-state index contributed by atoms with van der Waals surface area (Å²) in [6.45, 7) is 5.96. The van der Waals surface area contributed by atoms with Gasteiger partial charge in [-0.3, -0.25) is 0 Å². The highest BCUT2D eigenvalue weighted by Gasteiger charge is 2.07. The number of rotatable bonds is 7. The van der Waals surface area contributed by atoms with Crippen LogP contribution in [0.4, 0.5) is 0 Å². The van der Waals surface area contributed by atoms with Crippen LogP contribution < -0.4 is 5.32 Å². The molecule has 0 aliphatic carbocycles. The summed E-state index contributed by atoms with van der Waals surface area (Å²) in [5.74, 6) is 0.929. The minimum atomic E-state index is 0.428. The average Bonchev–Trinajstić information content (AvgIpc) is 2.86. The maximum absolute atomic E-state index is 6.09. The molecule has 3 nitrogen and oxygen atoms in total. The Labute approximate surface area is 124 Å². The van der Waals surface area contributed by atoms with E-state index in [9.17, 15) is 0 Å². The molecule has 0 amide bonds. The number of furan rings is 1. The summed E-state index contributed by atoms with van der Waals surface area (Å²) < 4.78 is 11.2. The Kier molecular flexibility index (Phi) is 5.65. The summed E-state index contributed by atoms with van der Waals surface area (Å²) in [6.07, 6.45) is 1.70. The molecular weight excluding hydrogens is 274 g/mol. The molecule has 0 spiro atoms. The molecule has 2 rings (SSSR count). The molecule has 1 N–H and O–H groups in total. The number of hydrogen-bond donors (Lipinski definition) is 1. The van der Waals surface area contributed by atoms with Crippen LogP contribution in [0.1, 0.15) is 30.7 Å². The molecule has 0 unspecified atom stereocenters. The van der Waals surface area contributed by atoms with E-state index in [1.807, 2.05) is 30.3 Å². The van der Waals surface area contributed by atoms with Crippen LogP contribution in [0.2, 0.25) is 5.02 Å². The summed E-state index contributed by atoms with van der Waals surface area (Å²) in [4.78, 5) is 0. The van der Waals surface area contributed by atoms with Gasteiger partial charge in [0, 0.05) is 16.6 Å². The van der Waals surface area contributed by atoms with E-state index in [1.165, 1.54) is 0 Å². The maximum atomic E-state index is 6.09. The summed E-state index contributed by atoms with van der Waals surface area (Å²) in [5.41, 5.74) is 2.07. The molecule has 0 aliphatic heterocycles. The zero-order chi connectivity index (χ0) is 14.4. The van der Waals surface area contributed by atoms with Crippen molar-refractivity contribution in [3.8, 4) is 0 Å². The molecule has 1 aromatic heterocycles. The fourth-order valence-electron chi connectivity index (χ4n) is 1.83. The number of nitrogens with one attached hydrogen (secondary N) is 1. The fraction of sp³-hybridized carbons (Fsp3) is 0.375. The van der Waals surface area contributed by atoms with Crippen LogP contribution in [0.15, 0.2) is 41.0 Å². The number of benzene rings is 1. The van der Waals surface area contributed by atoms with Gasteiger partial charge in [-0.1, -0.05) is 43.6 Å². The van der Waals surface area contributed by atoms with E-state index in [0.29, 0.717) is 19.3 Å². The molecule has 0 saturated heterocycles. The first-order valence-electron chi connectivity index (χ1n) is 6.76. The van der Waals surface area contributed by atoms with Crippen molar-refractivity contribution in [1.29, 1.82) is 0 Å². The molecule has 2 aromatic rings. The van der Waals surface area contributed by atoms with Gasteiger partial charge in [0.05, 0.1) is 26.0 Å². The van der Waals surface area contributed by atoms with Crippen molar-refractivity contribution in [3.05, 3.63) is 58.5 Å². The summed E-state index contributed by atoms with van der Waals surface area (Å²) >= 11 is 6.09. The molecule has 20 heavy (non-hydrogen) atoms. The predicted octanol–water partition coefficient (Wildman–Crippen LogP) is 4.15. The van der Waals surface area contributed by atoms with Gasteiger partial charge in [0.15, 0.2) is 0 Å². The van der Waals surface area contributed by atoms with Crippen LogP contribution in [0.25, 0.3) is 0 Å². The number of halogens is 1. The summed E-state index contributed by atoms with van der Waals surface area (Å²) in [5, 5.41) is 4.07. The molecule has 0 bridgehead atoms. The minimum Gasteiger partial charge on any atom is -0.468 e. The third kappa shape index (κ3) is 4.37. The lowest BCUT2D eigenvalue weighted by atomic mass is 10.2. The van der Waals surface area contributed by atoms with Gasteiger partial charge in [-0.25, -0.2) is 0 Å². The van der Waals surface area contributed by atoms with Crippen molar-refractivity contribution in [2.75, 3.05) is 0 Å². The smallest absolute Gasteiger partial charge is 0.123 e. The van der Waals surface area contributed by atoms with Crippen molar-refractivity contribution >= 4 is 11.6 Å². The van der Waals surface area contributed by atoms with Crippen LogP contribution in [-0.2, 0) is 24.5 Å². The Morgan fingerprint density at radius 3 is 2.65 bits per heavy atom. The molecule has 1 aromatic carbocycles. The van der Waals surface area contributed by atoms with Crippen LogP contribution in [0.3, 0.4) is 0 Å². The van der Waals surface area contributed by atoms with Gasteiger partial charge in [0.1, 0.15) is 5.76 Å². The van der Waals surface area contributed by atoms with Crippen LogP contribution in [-0.4, -0.2) is 6.04 Å². The molecule has 108 valence electrons. The largest absolute Gasteiger partial charge is 0.468 e. The summed E-state index contributed by atoms with van der Waals surface area (Å²) in [6, 6.07) is 10.1. The topological polar surface area (TPSA) is 34.4 Å². The van der Waals surface area contributed by atoms with Gasteiger partial charge in [-0.2, -0.15) is 0 Å². The third-order valence-electron chi connectivity index (χ3n) is 2.98. The number of ether oxygens (including phenoxy) is 1. The Hall–Kier alpha value is -1.29. The second-order valence-corrected chi connectivity index (χ2v) is 5.40. The second-order valence-electron chi connectivity index (χ2n) is 4.99. The van der Waals surface area contributed by atoms with Gasteiger partial charge >= 0.3 is 0 Å². The molecule has 0 radical (unpaired) electrons. The zero-order valence-corrected chi connectivity index (χ0v) is 12.6. The first-order chi connectivity index (χ1) is 9.66. The van der Waals surface area contributed by atoms with Crippen molar-refractivity contribution < 1.29 is 9.15 Å². The van der Waals surface area contributed by atoms with E-state index in [4.69, 9.17) is 20.8 Å². The zero-order valence-electron chi connectivity index (χ0n) is 11.9. The normalized spacial score (nSPS) is 11.2. The van der Waals surface area contributed by atoms with E-state index in [-0.39, 0.29) is 0 Å². The molecular formula is C16H20ClNO2. The Morgan fingerprint density at radius 1 is 1.15 bits per heavy atom. The lowest BCUT2D eigenvalue weighted by Crippen LogP contribution is -2.22. The van der Waals surface area contributed by atoms with Crippen LogP contribution in [0, 0.1) is 0 Å². The van der Waals surface area contributed by atoms with Gasteiger partial charge < -0.3 is 14.5 Å². The highest BCUT2D eigenvalue weighted by Crippen LogP contribution is 2.18. The van der Waals surface area contributed by atoms with Gasteiger partial charge in [-0.05, 0) is 17.7 Å². The lowest BCUT2D eigenvalue weighted by Gasteiger charge is -2.09. The quantitative estimate of drug-likeness (QED) is 0.833. The van der Waals surface area contributed by atoms with E-state index >= 15 is 0 Å². The molecule has 0 atom stereocenters. The van der Waals surface area contributed by atoms with E-state index in [0.717, 1.165) is 28.5 Å². The van der Waals surface area contributed by atoms with Gasteiger partial charge in [-0.15, -0.1) is 0 Å². The SMILES string of the molecule is CC(C)NCc1occc1COCc1ccccc1Cl. The van der Waals surface area contributed by atoms with Gasteiger partial charge in [0.25, 0.3) is 0 Å². The average molecular weight is 294 g/mol. The predicted molar refractivity (Wildman–Crippen MR) is 80.6 cm³/mol. The van der Waals surface area contributed by atoms with Crippen molar-refractivity contribution in [1.82, 2.24) is 5.32 Å². The van der Waals surface area contributed by atoms with E-state index in [1.54, 1.807) is 6.26 Å². The van der Waals surface area contributed by atoms with Gasteiger partial charge in [0.2, 0.25) is 0 Å². The highest BCUT2D eigenvalue weighted by molar-refractivity contribution is 6.31. The third-order valence-corrected chi connectivity index (χ3v) is 3.35. The second kappa shape index (κ2) is 7.48. The van der Waals surface area contributed by atoms with Crippen LogP contribution >= 0.6 is 11.6 Å². The summed E-state index contributed by atoms with van der Waals surface area (Å²) in [7, 11) is 0. The molecule has 0 saturated carbocycles. The van der Waals surface area contributed by atoms with Crippen molar-refractivity contribution in [2.24, 2.45) is 0 Å². The lowest BCUT2D eigenvalue weighted by molar-refractivity contribution is 0.106. The van der Waals surface area contributed by atoms with Crippen molar-refractivity contribution in [3.63, 3.8) is 0 Å². The molecule has 4 heteroatoms.